The molecule has 0 unspecified atom stereocenters. The van der Waals surface area contributed by atoms with Crippen LogP contribution in [0.1, 0.15) is 19.8 Å². The first kappa shape index (κ1) is 13.6. The zero-order valence-corrected chi connectivity index (χ0v) is 11.4. The Morgan fingerprint density at radius 2 is 2.11 bits per heavy atom. The topological polar surface area (TPSA) is 72.2 Å². The molecule has 0 amide bonds. The number of nitrogens with two attached hydrogens (primary N) is 1. The summed E-state index contributed by atoms with van der Waals surface area (Å²) in [6.07, 6.45) is 1.94. The van der Waals surface area contributed by atoms with Gasteiger partial charge < -0.3 is 5.73 Å². The minimum absolute atomic E-state index is 0.00628. The van der Waals surface area contributed by atoms with Crippen LogP contribution in [0, 0.1) is 11.2 Å². The summed E-state index contributed by atoms with van der Waals surface area (Å²) in [5, 5.41) is -0.298. The lowest BCUT2D eigenvalue weighted by molar-refractivity contribution is 0.522. The summed E-state index contributed by atoms with van der Waals surface area (Å²) in [6.45, 7) is 2.26. The Balaban J connectivity index is 2.29. The maximum atomic E-state index is 13.7. The molecule has 1 fully saturated rings. The van der Waals surface area contributed by atoms with Gasteiger partial charge in [-0.1, -0.05) is 18.5 Å². The minimum atomic E-state index is -3.92. The minimum Gasteiger partial charge on any atom is -0.399 e. The summed E-state index contributed by atoms with van der Waals surface area (Å²) in [7, 11) is -3.92. The highest BCUT2D eigenvalue weighted by Crippen LogP contribution is 2.44. The fourth-order valence-electron chi connectivity index (χ4n) is 1.52. The van der Waals surface area contributed by atoms with Crippen LogP contribution >= 0.6 is 11.6 Å². The fraction of sp³-hybridized carbons (Fsp3) is 0.455. The summed E-state index contributed by atoms with van der Waals surface area (Å²) < 4.78 is 40.0. The van der Waals surface area contributed by atoms with E-state index >= 15 is 0 Å². The van der Waals surface area contributed by atoms with Crippen LogP contribution in [0.5, 0.6) is 0 Å². The van der Waals surface area contributed by atoms with Gasteiger partial charge in [-0.25, -0.2) is 17.5 Å². The lowest BCUT2D eigenvalue weighted by Gasteiger charge is -2.12. The molecule has 1 aromatic rings. The number of sulfonamides is 1. The van der Waals surface area contributed by atoms with Crippen molar-refractivity contribution >= 4 is 27.3 Å². The molecule has 0 aromatic heterocycles. The molecule has 100 valence electrons. The number of nitrogen functional groups attached to an aromatic ring is 1. The molecule has 0 heterocycles. The predicted molar refractivity (Wildman–Crippen MR) is 68.4 cm³/mol. The van der Waals surface area contributed by atoms with Crippen LogP contribution in [0.15, 0.2) is 17.0 Å². The van der Waals surface area contributed by atoms with Gasteiger partial charge in [-0.3, -0.25) is 0 Å². The number of nitrogens with one attached hydrogen (secondary N) is 1. The molecule has 0 bridgehead atoms. The van der Waals surface area contributed by atoms with Crippen LogP contribution in [0.3, 0.4) is 0 Å². The van der Waals surface area contributed by atoms with Crippen LogP contribution in [-0.4, -0.2) is 15.0 Å². The number of hydrogen-bond donors (Lipinski definition) is 2. The van der Waals surface area contributed by atoms with Gasteiger partial charge in [0.05, 0.1) is 5.02 Å². The van der Waals surface area contributed by atoms with E-state index in [-0.39, 0.29) is 16.1 Å². The third-order valence-corrected chi connectivity index (χ3v) is 4.77. The van der Waals surface area contributed by atoms with E-state index in [0.29, 0.717) is 6.54 Å². The van der Waals surface area contributed by atoms with Crippen molar-refractivity contribution in [2.75, 3.05) is 12.3 Å². The SMILES string of the molecule is CC1(CNS(=O)(=O)c2cc(N)cc(Cl)c2F)CC1. The third-order valence-electron chi connectivity index (χ3n) is 3.10. The molecule has 1 aliphatic carbocycles. The zero-order valence-electron chi connectivity index (χ0n) is 9.83. The highest BCUT2D eigenvalue weighted by atomic mass is 35.5. The first-order valence-electron chi connectivity index (χ1n) is 5.48. The largest absolute Gasteiger partial charge is 0.399 e. The van der Waals surface area contributed by atoms with Gasteiger partial charge in [-0.15, -0.1) is 0 Å². The van der Waals surface area contributed by atoms with Crippen molar-refractivity contribution in [2.45, 2.75) is 24.7 Å². The van der Waals surface area contributed by atoms with Gasteiger partial charge in [0.2, 0.25) is 10.0 Å². The fourth-order valence-corrected chi connectivity index (χ4v) is 3.13. The Bertz CT molecular complexity index is 585. The van der Waals surface area contributed by atoms with Gasteiger partial charge in [-0.05, 0) is 30.4 Å². The van der Waals surface area contributed by atoms with Gasteiger partial charge in [0, 0.05) is 12.2 Å². The number of hydrogen-bond acceptors (Lipinski definition) is 3. The number of rotatable bonds is 4. The Morgan fingerprint density at radius 1 is 1.50 bits per heavy atom. The van der Waals surface area contributed by atoms with Crippen LogP contribution in [-0.2, 0) is 10.0 Å². The molecule has 4 nitrogen and oxygen atoms in total. The van der Waals surface area contributed by atoms with Crippen LogP contribution in [0.4, 0.5) is 10.1 Å². The van der Waals surface area contributed by atoms with Gasteiger partial charge in [0.15, 0.2) is 5.82 Å². The molecule has 1 aromatic carbocycles. The van der Waals surface area contributed by atoms with Gasteiger partial charge >= 0.3 is 0 Å². The maximum absolute atomic E-state index is 13.7. The zero-order chi connectivity index (χ0) is 13.6. The number of anilines is 1. The van der Waals surface area contributed by atoms with E-state index in [0.717, 1.165) is 18.9 Å². The van der Waals surface area contributed by atoms with Crippen molar-refractivity contribution < 1.29 is 12.8 Å². The lowest BCUT2D eigenvalue weighted by atomic mass is 10.2. The summed E-state index contributed by atoms with van der Waals surface area (Å²) >= 11 is 5.58. The molecule has 0 atom stereocenters. The lowest BCUT2D eigenvalue weighted by Crippen LogP contribution is -2.30. The average Bonchev–Trinajstić information content (AvgIpc) is 3.00. The van der Waals surface area contributed by atoms with E-state index in [1.165, 1.54) is 6.07 Å². The monoisotopic (exact) mass is 292 g/mol. The predicted octanol–water partition coefficient (Wildman–Crippen LogP) is 2.14. The van der Waals surface area contributed by atoms with Gasteiger partial charge in [-0.2, -0.15) is 0 Å². The quantitative estimate of drug-likeness (QED) is 0.835. The van der Waals surface area contributed by atoms with Crippen LogP contribution in [0.2, 0.25) is 5.02 Å². The molecular weight excluding hydrogens is 279 g/mol. The molecule has 7 heteroatoms. The van der Waals surface area contributed by atoms with E-state index < -0.39 is 20.7 Å². The summed E-state index contributed by atoms with van der Waals surface area (Å²) in [5.41, 5.74) is 5.58. The molecule has 1 aliphatic rings. The van der Waals surface area contributed by atoms with E-state index in [9.17, 15) is 12.8 Å². The second-order valence-electron chi connectivity index (χ2n) is 4.95. The van der Waals surface area contributed by atoms with E-state index in [1.54, 1.807) is 0 Å². The van der Waals surface area contributed by atoms with Crippen LogP contribution < -0.4 is 10.5 Å². The smallest absolute Gasteiger partial charge is 0.243 e. The molecule has 0 radical (unpaired) electrons. The summed E-state index contributed by atoms with van der Waals surface area (Å²) in [6, 6.07) is 2.25. The molecule has 3 N–H and O–H groups in total. The standard InChI is InChI=1S/C11H14ClFN2O2S/c1-11(2-3-11)6-15-18(16,17)9-5-7(14)4-8(12)10(9)13/h4-5,15H,2-3,6,14H2,1H3. The normalized spacial score (nSPS) is 17.7. The van der Waals surface area contributed by atoms with Crippen molar-refractivity contribution in [1.29, 1.82) is 0 Å². The average molecular weight is 293 g/mol. The van der Waals surface area contributed by atoms with Crippen molar-refractivity contribution in [3.05, 3.63) is 23.0 Å². The van der Waals surface area contributed by atoms with Crippen LogP contribution in [0.25, 0.3) is 0 Å². The second kappa shape index (κ2) is 4.36. The van der Waals surface area contributed by atoms with Crippen molar-refractivity contribution in [1.82, 2.24) is 4.72 Å². The Kier molecular flexibility index (Phi) is 3.29. The van der Waals surface area contributed by atoms with Gasteiger partial charge in [0.1, 0.15) is 4.90 Å². The summed E-state index contributed by atoms with van der Waals surface area (Å²) in [4.78, 5) is -0.503. The van der Waals surface area contributed by atoms with E-state index in [2.05, 4.69) is 4.72 Å². The molecule has 18 heavy (non-hydrogen) atoms. The Labute approximate surface area is 110 Å². The number of halogens is 2. The molecule has 1 saturated carbocycles. The maximum Gasteiger partial charge on any atom is 0.243 e. The van der Waals surface area contributed by atoms with E-state index in [1.807, 2.05) is 6.92 Å². The highest BCUT2D eigenvalue weighted by molar-refractivity contribution is 7.89. The molecule has 0 saturated heterocycles. The van der Waals surface area contributed by atoms with Crippen molar-refractivity contribution in [2.24, 2.45) is 5.41 Å². The van der Waals surface area contributed by atoms with Crippen molar-refractivity contribution in [3.63, 3.8) is 0 Å². The third kappa shape index (κ3) is 2.76. The first-order valence-corrected chi connectivity index (χ1v) is 7.34. The molecule has 2 rings (SSSR count). The molecule has 0 aliphatic heterocycles. The van der Waals surface area contributed by atoms with Crippen molar-refractivity contribution in [3.8, 4) is 0 Å². The molecule has 0 spiro atoms. The summed E-state index contributed by atoms with van der Waals surface area (Å²) in [5.74, 6) is -0.973. The Hall–Kier alpha value is -0.850. The first-order chi connectivity index (χ1) is 8.23. The second-order valence-corrected chi connectivity index (χ2v) is 7.09. The van der Waals surface area contributed by atoms with E-state index in [4.69, 9.17) is 17.3 Å². The molecular formula is C11H14ClFN2O2S. The number of benzene rings is 1. The van der Waals surface area contributed by atoms with Gasteiger partial charge in [0.25, 0.3) is 0 Å². The Morgan fingerprint density at radius 3 is 2.67 bits per heavy atom. The highest BCUT2D eigenvalue weighted by Gasteiger charge is 2.38.